The summed E-state index contributed by atoms with van der Waals surface area (Å²) in [6, 6.07) is 17.2. The molecule has 37 heavy (non-hydrogen) atoms. The lowest BCUT2D eigenvalue weighted by Gasteiger charge is -2.38. The number of aryl methyl sites for hydroxylation is 1. The van der Waals surface area contributed by atoms with Crippen LogP contribution >= 0.6 is 0 Å². The predicted octanol–water partition coefficient (Wildman–Crippen LogP) is 2.17. The first kappa shape index (κ1) is 28.8. The highest BCUT2D eigenvalue weighted by molar-refractivity contribution is 7.89. The molecule has 1 heterocycles. The fraction of sp³-hybridized carbons (Fsp3) is 0.500. The molecule has 1 fully saturated rings. The molecule has 0 unspecified atom stereocenters. The number of amides is 1. The van der Waals surface area contributed by atoms with Gasteiger partial charge in [-0.3, -0.25) is 14.9 Å². The minimum atomic E-state index is -3.16. The van der Waals surface area contributed by atoms with Crippen LogP contribution < -0.4 is 16.0 Å². The number of sulfone groups is 1. The number of carbonyl (C=O) groups excluding carboxylic acids is 2. The van der Waals surface area contributed by atoms with Crippen molar-refractivity contribution < 1.29 is 18.0 Å². The van der Waals surface area contributed by atoms with Crippen molar-refractivity contribution >= 4 is 27.2 Å². The van der Waals surface area contributed by atoms with Gasteiger partial charge in [0.15, 0.2) is 15.6 Å². The number of nitrogens with zero attached hydrogens (tertiary/aromatic N) is 2. The summed E-state index contributed by atoms with van der Waals surface area (Å²) in [4.78, 5) is 29.9. The van der Waals surface area contributed by atoms with E-state index in [0.717, 1.165) is 24.1 Å². The summed E-state index contributed by atoms with van der Waals surface area (Å²) in [5.74, 6) is -0.165. The van der Waals surface area contributed by atoms with Gasteiger partial charge in [-0.25, -0.2) is 8.42 Å². The number of piperazine rings is 1. The van der Waals surface area contributed by atoms with Gasteiger partial charge in [-0.1, -0.05) is 48.5 Å². The number of nitrogens with one attached hydrogen (secondary N) is 1. The van der Waals surface area contributed by atoms with E-state index in [2.05, 4.69) is 22.3 Å². The molecule has 0 bridgehead atoms. The standard InChI is InChI=1S/C28H40N4O4S/c1-28(2,29)26(33)20-30-24(14-9-12-22-10-5-4-6-11-22)27(34)32-18-16-31(17-19-32)25-15-8-7-13-23(25)21-37(3,35)36/h4-8,10-11,13,15,24,30H,9,12,14,16-21,29H2,1-3H3/t24-/m1/s1. The number of hydrogen-bond donors (Lipinski definition) is 2. The molecule has 1 amide bonds. The lowest BCUT2D eigenvalue weighted by Crippen LogP contribution is -2.56. The molecule has 0 aliphatic carbocycles. The molecule has 2 aromatic carbocycles. The van der Waals surface area contributed by atoms with Crippen molar-refractivity contribution in [2.75, 3.05) is 43.9 Å². The molecule has 3 rings (SSSR count). The zero-order valence-corrected chi connectivity index (χ0v) is 23.0. The number of rotatable bonds is 12. The van der Waals surface area contributed by atoms with Gasteiger partial charge in [0.25, 0.3) is 0 Å². The van der Waals surface area contributed by atoms with Crippen molar-refractivity contribution in [3.05, 3.63) is 65.7 Å². The third kappa shape index (κ3) is 8.94. The van der Waals surface area contributed by atoms with E-state index in [4.69, 9.17) is 5.73 Å². The summed E-state index contributed by atoms with van der Waals surface area (Å²) in [5, 5.41) is 3.19. The molecular weight excluding hydrogens is 488 g/mol. The molecule has 1 saturated heterocycles. The van der Waals surface area contributed by atoms with Crippen LogP contribution in [0.1, 0.15) is 37.8 Å². The summed E-state index contributed by atoms with van der Waals surface area (Å²) in [6.45, 7) is 5.66. The van der Waals surface area contributed by atoms with E-state index in [1.807, 2.05) is 47.4 Å². The van der Waals surface area contributed by atoms with Crippen LogP contribution in [0, 0.1) is 0 Å². The Morgan fingerprint density at radius 1 is 1.00 bits per heavy atom. The molecule has 0 saturated carbocycles. The number of benzene rings is 2. The lowest BCUT2D eigenvalue weighted by molar-refractivity contribution is -0.134. The van der Waals surface area contributed by atoms with Crippen LogP contribution in [-0.2, 0) is 31.6 Å². The number of nitrogens with two attached hydrogens (primary N) is 1. The molecule has 3 N–H and O–H groups in total. The fourth-order valence-corrected chi connectivity index (χ4v) is 5.33. The topological polar surface area (TPSA) is 113 Å². The Kier molecular flexibility index (Phi) is 9.87. The second kappa shape index (κ2) is 12.7. The Morgan fingerprint density at radius 3 is 2.24 bits per heavy atom. The number of Topliss-reactive ketones (excluding diaryl/α,β-unsaturated/α-hetero) is 1. The summed E-state index contributed by atoms with van der Waals surface area (Å²) in [5.41, 5.74) is 7.88. The third-order valence-electron chi connectivity index (χ3n) is 6.67. The van der Waals surface area contributed by atoms with Gasteiger partial charge in [-0.15, -0.1) is 0 Å². The largest absolute Gasteiger partial charge is 0.368 e. The predicted molar refractivity (Wildman–Crippen MR) is 148 cm³/mol. The van der Waals surface area contributed by atoms with Gasteiger partial charge in [0.1, 0.15) is 0 Å². The van der Waals surface area contributed by atoms with E-state index in [9.17, 15) is 18.0 Å². The molecular formula is C28H40N4O4S. The van der Waals surface area contributed by atoms with Crippen molar-refractivity contribution in [3.63, 3.8) is 0 Å². The number of carbonyl (C=O) groups is 2. The van der Waals surface area contributed by atoms with Gasteiger partial charge in [-0.2, -0.15) is 0 Å². The van der Waals surface area contributed by atoms with Gasteiger partial charge in [0.05, 0.1) is 23.9 Å². The van der Waals surface area contributed by atoms with Crippen LogP contribution in [0.3, 0.4) is 0 Å². The van der Waals surface area contributed by atoms with Crippen LogP contribution in [0.15, 0.2) is 54.6 Å². The normalized spacial score (nSPS) is 15.5. The summed E-state index contributed by atoms with van der Waals surface area (Å²) < 4.78 is 23.8. The first-order valence-electron chi connectivity index (χ1n) is 12.8. The van der Waals surface area contributed by atoms with E-state index >= 15 is 0 Å². The monoisotopic (exact) mass is 528 g/mol. The van der Waals surface area contributed by atoms with E-state index in [0.29, 0.717) is 32.6 Å². The number of anilines is 1. The van der Waals surface area contributed by atoms with Gasteiger partial charge in [-0.05, 0) is 50.3 Å². The van der Waals surface area contributed by atoms with E-state index in [-0.39, 0.29) is 24.0 Å². The second-order valence-corrected chi connectivity index (χ2v) is 12.6. The quantitative estimate of drug-likeness (QED) is 0.434. The van der Waals surface area contributed by atoms with E-state index < -0.39 is 21.4 Å². The molecule has 0 spiro atoms. The number of para-hydroxylation sites is 1. The number of ketones is 1. The SMILES string of the molecule is CC(C)(N)C(=O)CN[C@H](CCCc1ccccc1)C(=O)N1CCN(c2ccccc2CS(C)(=O)=O)CC1. The molecule has 0 aromatic heterocycles. The minimum Gasteiger partial charge on any atom is -0.368 e. The van der Waals surface area contributed by atoms with Crippen LogP contribution in [0.2, 0.25) is 0 Å². The van der Waals surface area contributed by atoms with Gasteiger partial charge >= 0.3 is 0 Å². The maximum absolute atomic E-state index is 13.5. The zero-order chi connectivity index (χ0) is 27.1. The lowest BCUT2D eigenvalue weighted by atomic mass is 9.99. The van der Waals surface area contributed by atoms with Crippen molar-refractivity contribution in [3.8, 4) is 0 Å². The summed E-state index contributed by atoms with van der Waals surface area (Å²) in [6.07, 6.45) is 3.52. The average Bonchev–Trinajstić information content (AvgIpc) is 2.85. The minimum absolute atomic E-state index is 0.0127. The summed E-state index contributed by atoms with van der Waals surface area (Å²) in [7, 11) is -3.16. The first-order valence-corrected chi connectivity index (χ1v) is 14.9. The van der Waals surface area contributed by atoms with Gasteiger partial charge in [0.2, 0.25) is 5.91 Å². The smallest absolute Gasteiger partial charge is 0.239 e. The molecule has 1 aliphatic rings. The first-order chi connectivity index (χ1) is 17.4. The fourth-order valence-electron chi connectivity index (χ4n) is 4.52. The van der Waals surface area contributed by atoms with Crippen LogP contribution in [-0.4, -0.2) is 75.6 Å². The molecule has 202 valence electrons. The molecule has 2 aromatic rings. The van der Waals surface area contributed by atoms with Crippen LogP contribution in [0.4, 0.5) is 5.69 Å². The Labute approximate surface area is 221 Å². The third-order valence-corrected chi connectivity index (χ3v) is 7.50. The maximum Gasteiger partial charge on any atom is 0.239 e. The van der Waals surface area contributed by atoms with Gasteiger partial charge < -0.3 is 15.5 Å². The maximum atomic E-state index is 13.5. The Balaban J connectivity index is 1.64. The Bertz CT molecular complexity index is 1150. The van der Waals surface area contributed by atoms with Crippen LogP contribution in [0.5, 0.6) is 0 Å². The zero-order valence-electron chi connectivity index (χ0n) is 22.2. The Hall–Kier alpha value is -2.75. The molecule has 0 radical (unpaired) electrons. The van der Waals surface area contributed by atoms with Crippen molar-refractivity contribution in [1.29, 1.82) is 0 Å². The molecule has 1 aliphatic heterocycles. The highest BCUT2D eigenvalue weighted by Crippen LogP contribution is 2.24. The highest BCUT2D eigenvalue weighted by Gasteiger charge is 2.30. The van der Waals surface area contributed by atoms with Crippen molar-refractivity contribution in [2.45, 2.75) is 50.4 Å². The van der Waals surface area contributed by atoms with Crippen molar-refractivity contribution in [2.24, 2.45) is 5.73 Å². The van der Waals surface area contributed by atoms with Crippen molar-refractivity contribution in [1.82, 2.24) is 10.2 Å². The highest BCUT2D eigenvalue weighted by atomic mass is 32.2. The molecule has 8 nitrogen and oxygen atoms in total. The Morgan fingerprint density at radius 2 is 1.62 bits per heavy atom. The number of hydrogen-bond acceptors (Lipinski definition) is 7. The second-order valence-electron chi connectivity index (χ2n) is 10.5. The molecule has 1 atom stereocenters. The van der Waals surface area contributed by atoms with Crippen LogP contribution in [0.25, 0.3) is 0 Å². The average molecular weight is 529 g/mol. The summed E-state index contributed by atoms with van der Waals surface area (Å²) >= 11 is 0. The van der Waals surface area contributed by atoms with Gasteiger partial charge in [0, 0.05) is 38.1 Å². The van der Waals surface area contributed by atoms with E-state index in [1.54, 1.807) is 13.8 Å². The van der Waals surface area contributed by atoms with E-state index in [1.165, 1.54) is 11.8 Å². The molecule has 9 heteroatoms.